The van der Waals surface area contributed by atoms with E-state index in [-0.39, 0.29) is 24.2 Å². The molecule has 2 amide bonds. The highest BCUT2D eigenvalue weighted by atomic mass is 35.5. The monoisotopic (exact) mass is 331 g/mol. The molecule has 0 saturated carbocycles. The molecule has 118 valence electrons. The van der Waals surface area contributed by atoms with E-state index < -0.39 is 0 Å². The second kappa shape index (κ2) is 9.76. The summed E-state index contributed by atoms with van der Waals surface area (Å²) in [6.45, 7) is 3.17. The van der Waals surface area contributed by atoms with Gasteiger partial charge in [-0.3, -0.25) is 9.59 Å². The van der Waals surface area contributed by atoms with E-state index in [2.05, 4.69) is 16.0 Å². The van der Waals surface area contributed by atoms with Gasteiger partial charge >= 0.3 is 0 Å². The molecular weight excluding hydrogens is 310 g/mol. The molecule has 21 heavy (non-hydrogen) atoms. The van der Waals surface area contributed by atoms with Gasteiger partial charge in [-0.1, -0.05) is 6.07 Å². The lowest BCUT2D eigenvalue weighted by molar-refractivity contribution is -0.121. The zero-order valence-electron chi connectivity index (χ0n) is 11.9. The zero-order valence-corrected chi connectivity index (χ0v) is 13.5. The molecule has 0 aromatic carbocycles. The summed E-state index contributed by atoms with van der Waals surface area (Å²) in [5.74, 6) is 0.430. The molecule has 1 aliphatic heterocycles. The van der Waals surface area contributed by atoms with Crippen molar-refractivity contribution in [3.63, 3.8) is 0 Å². The number of halogens is 1. The Hall–Kier alpha value is -1.11. The Bertz CT molecular complexity index is 433. The van der Waals surface area contributed by atoms with Gasteiger partial charge in [0.15, 0.2) is 0 Å². The smallest absolute Gasteiger partial charge is 0.261 e. The molecule has 1 aromatic heterocycles. The SMILES string of the molecule is Cl.O=C(CCNC(=O)c1cccs1)NCC1CCCNC1. The van der Waals surface area contributed by atoms with Gasteiger partial charge < -0.3 is 16.0 Å². The van der Waals surface area contributed by atoms with E-state index in [0.29, 0.717) is 23.8 Å². The van der Waals surface area contributed by atoms with Gasteiger partial charge in [0.05, 0.1) is 4.88 Å². The van der Waals surface area contributed by atoms with Crippen LogP contribution in [0.15, 0.2) is 17.5 Å². The van der Waals surface area contributed by atoms with E-state index >= 15 is 0 Å². The van der Waals surface area contributed by atoms with Gasteiger partial charge in [-0.05, 0) is 43.3 Å². The summed E-state index contributed by atoms with van der Waals surface area (Å²) in [4.78, 5) is 24.0. The van der Waals surface area contributed by atoms with Crippen LogP contribution in [0.4, 0.5) is 0 Å². The molecule has 5 nitrogen and oxygen atoms in total. The van der Waals surface area contributed by atoms with Gasteiger partial charge in [0.2, 0.25) is 5.91 Å². The van der Waals surface area contributed by atoms with E-state index in [0.717, 1.165) is 19.6 Å². The van der Waals surface area contributed by atoms with E-state index in [4.69, 9.17) is 0 Å². The van der Waals surface area contributed by atoms with Gasteiger partial charge in [0.1, 0.15) is 0 Å². The van der Waals surface area contributed by atoms with Crippen LogP contribution in [0.1, 0.15) is 28.9 Å². The molecule has 0 radical (unpaired) electrons. The lowest BCUT2D eigenvalue weighted by Crippen LogP contribution is -2.39. The van der Waals surface area contributed by atoms with Crippen molar-refractivity contribution in [3.05, 3.63) is 22.4 Å². The summed E-state index contributed by atoms with van der Waals surface area (Å²) in [7, 11) is 0. The minimum atomic E-state index is -0.107. The predicted molar refractivity (Wildman–Crippen MR) is 87.1 cm³/mol. The van der Waals surface area contributed by atoms with Crippen LogP contribution in [0, 0.1) is 5.92 Å². The highest BCUT2D eigenvalue weighted by Crippen LogP contribution is 2.08. The van der Waals surface area contributed by atoms with Crippen LogP contribution in [0.3, 0.4) is 0 Å². The van der Waals surface area contributed by atoms with Gasteiger partial charge in [-0.2, -0.15) is 0 Å². The lowest BCUT2D eigenvalue weighted by Gasteiger charge is -2.22. The van der Waals surface area contributed by atoms with E-state index in [1.54, 1.807) is 6.07 Å². The van der Waals surface area contributed by atoms with Crippen molar-refractivity contribution in [2.45, 2.75) is 19.3 Å². The molecule has 1 fully saturated rings. The van der Waals surface area contributed by atoms with Crippen molar-refractivity contribution in [2.24, 2.45) is 5.92 Å². The minimum absolute atomic E-state index is 0. The number of carbonyl (C=O) groups is 2. The minimum Gasteiger partial charge on any atom is -0.356 e. The molecule has 1 saturated heterocycles. The summed E-state index contributed by atoms with van der Waals surface area (Å²) in [6.07, 6.45) is 2.68. The second-order valence-corrected chi connectivity index (χ2v) is 5.95. The number of amides is 2. The average Bonchev–Trinajstić information content (AvgIpc) is 3.00. The summed E-state index contributed by atoms with van der Waals surface area (Å²) in [5, 5.41) is 10.9. The van der Waals surface area contributed by atoms with Crippen LogP contribution in [0.25, 0.3) is 0 Å². The number of hydrogen-bond donors (Lipinski definition) is 3. The molecule has 0 bridgehead atoms. The van der Waals surface area contributed by atoms with Crippen molar-refractivity contribution in [2.75, 3.05) is 26.2 Å². The van der Waals surface area contributed by atoms with Crippen LogP contribution >= 0.6 is 23.7 Å². The van der Waals surface area contributed by atoms with Gasteiger partial charge in [-0.15, -0.1) is 23.7 Å². The molecule has 2 rings (SSSR count). The summed E-state index contributed by atoms with van der Waals surface area (Å²) in [6, 6.07) is 3.61. The molecule has 0 aliphatic carbocycles. The topological polar surface area (TPSA) is 70.2 Å². The number of hydrogen-bond acceptors (Lipinski definition) is 4. The molecule has 2 heterocycles. The van der Waals surface area contributed by atoms with E-state index in [1.165, 1.54) is 24.2 Å². The Balaban J connectivity index is 0.00000220. The Kier molecular flexibility index (Phi) is 8.34. The van der Waals surface area contributed by atoms with Gasteiger partial charge in [0.25, 0.3) is 5.91 Å². The maximum Gasteiger partial charge on any atom is 0.261 e. The van der Waals surface area contributed by atoms with Crippen molar-refractivity contribution in [3.8, 4) is 0 Å². The predicted octanol–water partition coefficient (Wildman–Crippen LogP) is 1.41. The molecule has 0 spiro atoms. The quantitative estimate of drug-likeness (QED) is 0.738. The third-order valence-corrected chi connectivity index (χ3v) is 4.24. The molecule has 3 N–H and O–H groups in total. The number of nitrogens with one attached hydrogen (secondary N) is 3. The maximum atomic E-state index is 11.7. The van der Waals surface area contributed by atoms with Crippen LogP contribution in [-0.2, 0) is 4.79 Å². The third kappa shape index (κ3) is 6.46. The van der Waals surface area contributed by atoms with Crippen LogP contribution in [0.2, 0.25) is 0 Å². The number of piperidine rings is 1. The number of thiophene rings is 1. The normalized spacial score (nSPS) is 17.6. The largest absolute Gasteiger partial charge is 0.356 e. The van der Waals surface area contributed by atoms with Crippen LogP contribution in [-0.4, -0.2) is 38.0 Å². The standard InChI is InChI=1S/C14H21N3O2S.ClH/c18-13(17-10-11-3-1-6-15-9-11)5-7-16-14(19)12-4-2-8-20-12;/h2,4,8,11,15H,1,3,5-7,9-10H2,(H,16,19)(H,17,18);1H. The first-order chi connectivity index (χ1) is 9.75. The third-order valence-electron chi connectivity index (χ3n) is 3.37. The Morgan fingerprint density at radius 2 is 2.24 bits per heavy atom. The number of rotatable bonds is 6. The highest BCUT2D eigenvalue weighted by Gasteiger charge is 2.13. The highest BCUT2D eigenvalue weighted by molar-refractivity contribution is 7.12. The van der Waals surface area contributed by atoms with Gasteiger partial charge in [0, 0.05) is 19.5 Å². The molecule has 1 aromatic rings. The molecular formula is C14H22ClN3O2S. The molecule has 7 heteroatoms. The van der Waals surface area contributed by atoms with Crippen molar-refractivity contribution < 1.29 is 9.59 Å². The Labute approximate surface area is 135 Å². The van der Waals surface area contributed by atoms with Crippen molar-refractivity contribution in [1.82, 2.24) is 16.0 Å². The molecule has 1 unspecified atom stereocenters. The van der Waals surface area contributed by atoms with E-state index in [9.17, 15) is 9.59 Å². The van der Waals surface area contributed by atoms with Crippen molar-refractivity contribution in [1.29, 1.82) is 0 Å². The van der Waals surface area contributed by atoms with Gasteiger partial charge in [-0.25, -0.2) is 0 Å². The molecule has 1 aliphatic rings. The summed E-state index contributed by atoms with van der Waals surface area (Å²) < 4.78 is 0. The molecule has 1 atom stereocenters. The maximum absolute atomic E-state index is 11.7. The Morgan fingerprint density at radius 3 is 2.90 bits per heavy atom. The fourth-order valence-corrected chi connectivity index (χ4v) is 2.87. The van der Waals surface area contributed by atoms with Crippen molar-refractivity contribution >= 4 is 35.6 Å². The summed E-state index contributed by atoms with van der Waals surface area (Å²) >= 11 is 1.40. The fourth-order valence-electron chi connectivity index (χ4n) is 2.23. The lowest BCUT2D eigenvalue weighted by atomic mass is 10.00. The fraction of sp³-hybridized carbons (Fsp3) is 0.571. The van der Waals surface area contributed by atoms with Crippen LogP contribution < -0.4 is 16.0 Å². The average molecular weight is 332 g/mol. The Morgan fingerprint density at radius 1 is 1.38 bits per heavy atom. The van der Waals surface area contributed by atoms with Crippen LogP contribution in [0.5, 0.6) is 0 Å². The zero-order chi connectivity index (χ0) is 14.2. The first-order valence-corrected chi connectivity index (χ1v) is 7.93. The van der Waals surface area contributed by atoms with E-state index in [1.807, 2.05) is 11.4 Å². The summed E-state index contributed by atoms with van der Waals surface area (Å²) in [5.41, 5.74) is 0. The second-order valence-electron chi connectivity index (χ2n) is 5.00. The first kappa shape index (κ1) is 17.9. The number of carbonyl (C=O) groups excluding carboxylic acids is 2. The first-order valence-electron chi connectivity index (χ1n) is 7.05.